The van der Waals surface area contributed by atoms with E-state index in [1.165, 1.54) is 4.90 Å². The first-order chi connectivity index (χ1) is 20.5. The number of nitrogens with two attached hydrogens (primary N) is 1. The molecule has 1 aromatic carbocycles. The van der Waals surface area contributed by atoms with Crippen molar-refractivity contribution in [1.82, 2.24) is 19.5 Å². The van der Waals surface area contributed by atoms with Crippen molar-refractivity contribution in [1.29, 1.82) is 0 Å². The van der Waals surface area contributed by atoms with Gasteiger partial charge in [-0.15, -0.1) is 0 Å². The predicted molar refractivity (Wildman–Crippen MR) is 171 cm³/mol. The van der Waals surface area contributed by atoms with E-state index in [1.54, 1.807) is 27.7 Å². The number of amides is 2. The van der Waals surface area contributed by atoms with Gasteiger partial charge >= 0.3 is 12.2 Å². The summed E-state index contributed by atoms with van der Waals surface area (Å²) in [6.07, 6.45) is 1.23. The van der Waals surface area contributed by atoms with Gasteiger partial charge in [-0.3, -0.25) is 4.90 Å². The van der Waals surface area contributed by atoms with Gasteiger partial charge in [0.25, 0.3) is 0 Å². The van der Waals surface area contributed by atoms with Gasteiger partial charge < -0.3 is 30.5 Å². The van der Waals surface area contributed by atoms with E-state index < -0.39 is 35.5 Å². The molecule has 12 heteroatoms. The molecule has 3 heterocycles. The third-order valence-electron chi connectivity index (χ3n) is 7.15. The highest BCUT2D eigenvalue weighted by molar-refractivity contribution is 5.88. The topological polar surface area (TPSA) is 148 Å². The molecular weight excluding hydrogens is 562 g/mol. The number of nitrogen functional groups attached to an aromatic ring is 1. The summed E-state index contributed by atoms with van der Waals surface area (Å²) >= 11 is 0. The van der Waals surface area contributed by atoms with Crippen molar-refractivity contribution in [3.05, 3.63) is 47.7 Å². The van der Waals surface area contributed by atoms with E-state index in [-0.39, 0.29) is 19.0 Å². The van der Waals surface area contributed by atoms with Gasteiger partial charge in [0.1, 0.15) is 22.8 Å². The van der Waals surface area contributed by atoms with Crippen LogP contribution in [0.1, 0.15) is 85.3 Å². The average molecular weight is 610 g/mol. The number of nitrogens with zero attached hydrogens (tertiary/aromatic N) is 5. The Morgan fingerprint density at radius 1 is 1.14 bits per heavy atom. The Morgan fingerprint density at radius 2 is 1.84 bits per heavy atom. The molecule has 1 aliphatic rings. The monoisotopic (exact) mass is 609 g/mol. The van der Waals surface area contributed by atoms with Crippen molar-refractivity contribution in [2.75, 3.05) is 29.0 Å². The van der Waals surface area contributed by atoms with Gasteiger partial charge in [-0.25, -0.2) is 14.6 Å². The van der Waals surface area contributed by atoms with E-state index in [9.17, 15) is 14.7 Å². The molecule has 2 aromatic heterocycles. The van der Waals surface area contributed by atoms with Gasteiger partial charge in [-0.2, -0.15) is 9.61 Å². The molecule has 240 valence electrons. The summed E-state index contributed by atoms with van der Waals surface area (Å²) in [6.45, 7) is 15.9. The van der Waals surface area contributed by atoms with E-state index in [4.69, 9.17) is 20.2 Å². The number of carbonyl (C=O) groups is 2. The van der Waals surface area contributed by atoms with Gasteiger partial charge in [0.05, 0.1) is 24.9 Å². The zero-order valence-corrected chi connectivity index (χ0v) is 27.1. The molecule has 4 N–H and O–H groups in total. The standard InChI is InChI=1S/C32H47N7O5/c1-20(2)23-17-35-39-27(38(30(42)44-32(6,7)8)19-21-11-9-12-22(33)15-21)16-26(36-28(23)39)34-18-24-25(40)13-10-14-37(24)29(41)43-31(3,4)5/h9,11-12,15-17,20,24-25,40H,10,13-14,18-19,33H2,1-8H3,(H,34,36). The predicted octanol–water partition coefficient (Wildman–Crippen LogP) is 5.55. The molecule has 1 aliphatic heterocycles. The summed E-state index contributed by atoms with van der Waals surface area (Å²) in [6, 6.07) is 8.52. The Bertz CT molecular complexity index is 1470. The summed E-state index contributed by atoms with van der Waals surface area (Å²) in [4.78, 5) is 34.7. The van der Waals surface area contributed by atoms with E-state index in [0.29, 0.717) is 42.4 Å². The molecule has 12 nitrogen and oxygen atoms in total. The van der Waals surface area contributed by atoms with Crippen molar-refractivity contribution >= 4 is 35.2 Å². The van der Waals surface area contributed by atoms with Gasteiger partial charge in [-0.1, -0.05) is 26.0 Å². The van der Waals surface area contributed by atoms with E-state index in [2.05, 4.69) is 10.4 Å². The van der Waals surface area contributed by atoms with Gasteiger partial charge in [-0.05, 0) is 78.0 Å². The number of aromatic nitrogens is 3. The van der Waals surface area contributed by atoms with Crippen LogP contribution in [0, 0.1) is 0 Å². The van der Waals surface area contributed by atoms with Gasteiger partial charge in [0, 0.05) is 30.4 Å². The zero-order chi connectivity index (χ0) is 32.4. The lowest BCUT2D eigenvalue weighted by atomic mass is 9.99. The summed E-state index contributed by atoms with van der Waals surface area (Å²) < 4.78 is 13.1. The highest BCUT2D eigenvalue weighted by Crippen LogP contribution is 2.29. The summed E-state index contributed by atoms with van der Waals surface area (Å²) in [5.74, 6) is 1.00. The van der Waals surface area contributed by atoms with E-state index in [0.717, 1.165) is 11.1 Å². The van der Waals surface area contributed by atoms with Crippen molar-refractivity contribution in [3.8, 4) is 0 Å². The average Bonchev–Trinajstić information content (AvgIpc) is 3.33. The van der Waals surface area contributed by atoms with Crippen LogP contribution in [0.3, 0.4) is 0 Å². The van der Waals surface area contributed by atoms with Crippen LogP contribution in [-0.4, -0.2) is 73.2 Å². The number of carbonyl (C=O) groups excluding carboxylic acids is 2. The van der Waals surface area contributed by atoms with Crippen molar-refractivity contribution in [2.24, 2.45) is 0 Å². The van der Waals surface area contributed by atoms with Crippen LogP contribution in [0.2, 0.25) is 0 Å². The molecule has 0 aliphatic carbocycles. The number of aliphatic hydroxyl groups is 1. The fourth-order valence-corrected chi connectivity index (χ4v) is 5.12. The van der Waals surface area contributed by atoms with E-state index >= 15 is 0 Å². The normalized spacial score (nSPS) is 17.5. The number of likely N-dealkylation sites (tertiary alicyclic amines) is 1. The minimum Gasteiger partial charge on any atom is -0.444 e. The number of benzene rings is 1. The number of fused-ring (bicyclic) bond motifs is 1. The Kier molecular flexibility index (Phi) is 9.62. The van der Waals surface area contributed by atoms with Crippen LogP contribution in [0.4, 0.5) is 26.9 Å². The lowest BCUT2D eigenvalue weighted by Gasteiger charge is -2.39. The number of anilines is 3. The quantitative estimate of drug-likeness (QED) is 0.293. The van der Waals surface area contributed by atoms with Crippen molar-refractivity contribution in [2.45, 2.75) is 104 Å². The van der Waals surface area contributed by atoms with Crippen LogP contribution in [0.5, 0.6) is 0 Å². The summed E-state index contributed by atoms with van der Waals surface area (Å²) in [5, 5.41) is 18.9. The number of aliphatic hydroxyl groups excluding tert-OH is 1. The van der Waals surface area contributed by atoms with Gasteiger partial charge in [0.15, 0.2) is 5.65 Å². The van der Waals surface area contributed by atoms with Crippen LogP contribution in [0.25, 0.3) is 5.65 Å². The second kappa shape index (κ2) is 12.9. The SMILES string of the molecule is CC(C)c1cnn2c(N(Cc3cccc(N)c3)C(=O)OC(C)(C)C)cc(NCC3C(O)CCCN3C(=O)OC(C)(C)C)nc12. The number of rotatable bonds is 7. The van der Waals surface area contributed by atoms with Gasteiger partial charge in [0.2, 0.25) is 0 Å². The Balaban J connectivity index is 1.75. The second-order valence-corrected chi connectivity index (χ2v) is 13.6. The number of hydrogen-bond donors (Lipinski definition) is 3. The molecule has 1 fully saturated rings. The Labute approximate surface area is 259 Å². The summed E-state index contributed by atoms with van der Waals surface area (Å²) in [7, 11) is 0. The van der Waals surface area contributed by atoms with E-state index in [1.807, 2.05) is 73.6 Å². The highest BCUT2D eigenvalue weighted by Gasteiger charge is 2.36. The van der Waals surface area contributed by atoms with Crippen molar-refractivity contribution in [3.63, 3.8) is 0 Å². The summed E-state index contributed by atoms with van der Waals surface area (Å²) in [5.41, 5.74) is 7.52. The van der Waals surface area contributed by atoms with Crippen LogP contribution in [-0.2, 0) is 16.0 Å². The first-order valence-corrected chi connectivity index (χ1v) is 15.2. The first kappa shape index (κ1) is 32.8. The third kappa shape index (κ3) is 8.10. The molecule has 2 unspecified atom stereocenters. The first-order valence-electron chi connectivity index (χ1n) is 15.2. The fraction of sp³-hybridized carbons (Fsp3) is 0.562. The number of nitrogens with one attached hydrogen (secondary N) is 1. The molecule has 2 amide bonds. The highest BCUT2D eigenvalue weighted by atomic mass is 16.6. The molecule has 0 spiro atoms. The number of hydrogen-bond acceptors (Lipinski definition) is 9. The maximum absolute atomic E-state index is 13.7. The smallest absolute Gasteiger partial charge is 0.416 e. The fourth-order valence-electron chi connectivity index (χ4n) is 5.12. The Morgan fingerprint density at radius 3 is 2.48 bits per heavy atom. The van der Waals surface area contributed by atoms with Crippen LogP contribution < -0.4 is 16.0 Å². The number of ether oxygens (including phenoxy) is 2. The second-order valence-electron chi connectivity index (χ2n) is 13.6. The Hall–Kier alpha value is -4.06. The molecule has 2 atom stereocenters. The van der Waals surface area contributed by atoms with Crippen LogP contribution in [0.15, 0.2) is 36.5 Å². The lowest BCUT2D eigenvalue weighted by Crippen LogP contribution is -2.55. The third-order valence-corrected chi connectivity index (χ3v) is 7.15. The van der Waals surface area contributed by atoms with Crippen LogP contribution >= 0.6 is 0 Å². The minimum absolute atomic E-state index is 0.106. The largest absolute Gasteiger partial charge is 0.444 e. The molecule has 1 saturated heterocycles. The zero-order valence-electron chi connectivity index (χ0n) is 27.1. The molecule has 0 bridgehead atoms. The molecule has 3 aromatic rings. The molecule has 44 heavy (non-hydrogen) atoms. The molecule has 0 saturated carbocycles. The lowest BCUT2D eigenvalue weighted by molar-refractivity contribution is -0.0195. The number of piperidine rings is 1. The minimum atomic E-state index is -0.742. The molecular formula is C32H47N7O5. The molecule has 4 rings (SSSR count). The maximum atomic E-state index is 13.7. The van der Waals surface area contributed by atoms with Crippen molar-refractivity contribution < 1.29 is 24.2 Å². The molecule has 0 radical (unpaired) electrons. The maximum Gasteiger partial charge on any atom is 0.416 e.